The molecule has 0 aromatic heterocycles. The first-order chi connectivity index (χ1) is 10.9. The number of thioether (sulfide) groups is 1. The number of thiocyanates is 1. The second-order valence-corrected chi connectivity index (χ2v) is 6.25. The quantitative estimate of drug-likeness (QED) is 0.421. The molecule has 0 radical (unpaired) electrons. The van der Waals surface area contributed by atoms with Crippen molar-refractivity contribution in [2.24, 2.45) is 0 Å². The van der Waals surface area contributed by atoms with Crippen molar-refractivity contribution >= 4 is 11.8 Å². The van der Waals surface area contributed by atoms with Crippen molar-refractivity contribution in [3.63, 3.8) is 0 Å². The monoisotopic (exact) mass is 327 g/mol. The van der Waals surface area contributed by atoms with Gasteiger partial charge in [-0.1, -0.05) is 43.4 Å². The summed E-state index contributed by atoms with van der Waals surface area (Å²) in [6.45, 7) is 6.17. The first kappa shape index (κ1) is 17.1. The van der Waals surface area contributed by atoms with Gasteiger partial charge in [0.05, 0.1) is 4.90 Å². The van der Waals surface area contributed by atoms with Crippen molar-refractivity contribution in [2.75, 3.05) is 0 Å². The van der Waals surface area contributed by atoms with Crippen molar-refractivity contribution in [2.45, 2.75) is 31.6 Å². The number of hydrogen-bond donors (Lipinski definition) is 0. The SMILES string of the molecule is Cc1ccc(C#Cc2cc(F)c(SC#N)c(F)c2)c(C(C)C)c1. The van der Waals surface area contributed by atoms with E-state index in [1.54, 1.807) is 5.40 Å². The van der Waals surface area contributed by atoms with Gasteiger partial charge in [0.25, 0.3) is 0 Å². The number of benzene rings is 2. The minimum absolute atomic E-state index is 0.248. The zero-order valence-corrected chi connectivity index (χ0v) is 13.9. The summed E-state index contributed by atoms with van der Waals surface area (Å²) in [5, 5.41) is 10.2. The molecule has 0 heterocycles. The summed E-state index contributed by atoms with van der Waals surface area (Å²) in [4.78, 5) is -0.295. The van der Waals surface area contributed by atoms with Gasteiger partial charge in [0, 0.05) is 11.1 Å². The molecule has 23 heavy (non-hydrogen) atoms. The average molecular weight is 327 g/mol. The van der Waals surface area contributed by atoms with Crippen LogP contribution in [0.5, 0.6) is 0 Å². The van der Waals surface area contributed by atoms with E-state index in [1.807, 2.05) is 19.1 Å². The van der Waals surface area contributed by atoms with Gasteiger partial charge in [0.15, 0.2) is 0 Å². The van der Waals surface area contributed by atoms with Crippen LogP contribution in [0.4, 0.5) is 8.78 Å². The molecule has 4 heteroatoms. The fourth-order valence-electron chi connectivity index (χ4n) is 2.19. The predicted molar refractivity (Wildman–Crippen MR) is 89.1 cm³/mol. The second kappa shape index (κ2) is 7.31. The lowest BCUT2D eigenvalue weighted by molar-refractivity contribution is 0.540. The van der Waals surface area contributed by atoms with E-state index in [4.69, 9.17) is 5.26 Å². The Balaban J connectivity index is 2.42. The van der Waals surface area contributed by atoms with Gasteiger partial charge in [0.1, 0.15) is 17.0 Å². The molecule has 0 fully saturated rings. The van der Waals surface area contributed by atoms with E-state index in [9.17, 15) is 8.78 Å². The first-order valence-corrected chi connectivity index (χ1v) is 7.91. The lowest BCUT2D eigenvalue weighted by atomic mass is 9.95. The summed E-state index contributed by atoms with van der Waals surface area (Å²) >= 11 is 0.467. The Labute approximate surface area is 139 Å². The maximum Gasteiger partial charge on any atom is 0.142 e. The third kappa shape index (κ3) is 4.12. The van der Waals surface area contributed by atoms with E-state index >= 15 is 0 Å². The molecule has 0 atom stereocenters. The summed E-state index contributed by atoms with van der Waals surface area (Å²) < 4.78 is 27.6. The molecule has 0 aliphatic rings. The summed E-state index contributed by atoms with van der Waals surface area (Å²) in [5.41, 5.74) is 3.35. The highest BCUT2D eigenvalue weighted by Gasteiger charge is 2.11. The largest absolute Gasteiger partial charge is 0.206 e. The molecule has 0 saturated heterocycles. The van der Waals surface area contributed by atoms with Crippen LogP contribution in [0.2, 0.25) is 0 Å². The van der Waals surface area contributed by atoms with Crippen molar-refractivity contribution in [1.82, 2.24) is 0 Å². The van der Waals surface area contributed by atoms with Crippen LogP contribution < -0.4 is 0 Å². The van der Waals surface area contributed by atoms with Gasteiger partial charge in [-0.25, -0.2) is 8.78 Å². The van der Waals surface area contributed by atoms with Crippen LogP contribution in [0.3, 0.4) is 0 Å². The molecule has 116 valence electrons. The van der Waals surface area contributed by atoms with E-state index in [0.29, 0.717) is 17.7 Å². The molecule has 0 aliphatic carbocycles. The van der Waals surface area contributed by atoms with E-state index in [1.165, 1.54) is 0 Å². The summed E-state index contributed by atoms with van der Waals surface area (Å²) in [7, 11) is 0. The fourth-order valence-corrected chi connectivity index (χ4v) is 2.59. The fraction of sp³-hybridized carbons (Fsp3) is 0.211. The molecule has 2 aromatic rings. The molecule has 0 bridgehead atoms. The van der Waals surface area contributed by atoms with Crippen LogP contribution in [0.15, 0.2) is 35.2 Å². The average Bonchev–Trinajstić information content (AvgIpc) is 2.49. The highest BCUT2D eigenvalue weighted by Crippen LogP contribution is 2.25. The Bertz CT molecular complexity index is 816. The van der Waals surface area contributed by atoms with E-state index in [0.717, 1.165) is 28.8 Å². The third-order valence-corrected chi connectivity index (χ3v) is 4.00. The topological polar surface area (TPSA) is 23.8 Å². The number of nitrogens with zero attached hydrogens (tertiary/aromatic N) is 1. The van der Waals surface area contributed by atoms with Crippen LogP contribution in [0, 0.1) is 41.1 Å². The first-order valence-electron chi connectivity index (χ1n) is 7.10. The predicted octanol–water partition coefficient (Wildman–Crippen LogP) is 5.37. The lowest BCUT2D eigenvalue weighted by Gasteiger charge is -2.09. The van der Waals surface area contributed by atoms with Crippen LogP contribution in [-0.2, 0) is 0 Å². The van der Waals surface area contributed by atoms with E-state index in [2.05, 4.69) is 31.8 Å². The molecule has 2 aromatic carbocycles. The Morgan fingerprint density at radius 2 is 1.70 bits per heavy atom. The van der Waals surface area contributed by atoms with E-state index in [-0.39, 0.29) is 10.5 Å². The molecule has 0 unspecified atom stereocenters. The van der Waals surface area contributed by atoms with Gasteiger partial charge >= 0.3 is 0 Å². The third-order valence-electron chi connectivity index (χ3n) is 3.32. The molecular formula is C19H15F2NS. The van der Waals surface area contributed by atoms with Gasteiger partial charge in [-0.15, -0.1) is 0 Å². The minimum Gasteiger partial charge on any atom is -0.206 e. The number of aryl methyl sites for hydroxylation is 1. The number of rotatable bonds is 2. The Kier molecular flexibility index (Phi) is 5.42. The van der Waals surface area contributed by atoms with Crippen molar-refractivity contribution < 1.29 is 8.78 Å². The Hall–Kier alpha value is -2.30. The van der Waals surface area contributed by atoms with Gasteiger partial charge in [-0.3, -0.25) is 0 Å². The van der Waals surface area contributed by atoms with Crippen molar-refractivity contribution in [3.8, 4) is 17.2 Å². The summed E-state index contributed by atoms with van der Waals surface area (Å²) in [6.07, 6.45) is 0. The maximum atomic E-state index is 13.8. The van der Waals surface area contributed by atoms with Crippen LogP contribution in [0.1, 0.15) is 42.0 Å². The molecule has 0 spiro atoms. The zero-order valence-electron chi connectivity index (χ0n) is 13.1. The van der Waals surface area contributed by atoms with Gasteiger partial charge in [0.2, 0.25) is 0 Å². The molecule has 0 amide bonds. The Morgan fingerprint density at radius 3 is 2.26 bits per heavy atom. The van der Waals surface area contributed by atoms with Gasteiger partial charge < -0.3 is 0 Å². The summed E-state index contributed by atoms with van der Waals surface area (Å²) in [5.74, 6) is 4.56. The highest BCUT2D eigenvalue weighted by atomic mass is 32.2. The van der Waals surface area contributed by atoms with Gasteiger partial charge in [-0.2, -0.15) is 5.26 Å². The number of nitriles is 1. The Morgan fingerprint density at radius 1 is 1.04 bits per heavy atom. The molecule has 0 aliphatic heterocycles. The van der Waals surface area contributed by atoms with Crippen LogP contribution >= 0.6 is 11.8 Å². The normalized spacial score (nSPS) is 10.1. The van der Waals surface area contributed by atoms with Crippen LogP contribution in [0.25, 0.3) is 0 Å². The standard InChI is InChI=1S/C19H15F2NS/c1-12(2)16-8-13(3)4-6-15(16)7-5-14-9-17(20)19(23-11-22)18(21)10-14/h4,6,8-10,12H,1-3H3. The molecule has 2 rings (SSSR count). The molecule has 0 N–H and O–H groups in total. The van der Waals surface area contributed by atoms with Crippen LogP contribution in [-0.4, -0.2) is 0 Å². The molecule has 0 saturated carbocycles. The molecular weight excluding hydrogens is 312 g/mol. The number of hydrogen-bond acceptors (Lipinski definition) is 2. The maximum absolute atomic E-state index is 13.8. The second-order valence-electron chi connectivity index (χ2n) is 5.46. The zero-order chi connectivity index (χ0) is 17.0. The number of halogens is 2. The van der Waals surface area contributed by atoms with E-state index < -0.39 is 11.6 Å². The smallest absolute Gasteiger partial charge is 0.142 e. The van der Waals surface area contributed by atoms with Gasteiger partial charge in [-0.05, 0) is 48.4 Å². The molecule has 1 nitrogen and oxygen atoms in total. The minimum atomic E-state index is -0.770. The summed E-state index contributed by atoms with van der Waals surface area (Å²) in [6, 6.07) is 8.26. The van der Waals surface area contributed by atoms with Crippen molar-refractivity contribution in [1.29, 1.82) is 5.26 Å². The lowest BCUT2D eigenvalue weighted by Crippen LogP contribution is -1.94. The highest BCUT2D eigenvalue weighted by molar-refractivity contribution is 8.03. The van der Waals surface area contributed by atoms with Crippen molar-refractivity contribution in [3.05, 3.63) is 64.2 Å².